The number of rotatable bonds is 2. The summed E-state index contributed by atoms with van der Waals surface area (Å²) in [5.41, 5.74) is -0.406. The summed E-state index contributed by atoms with van der Waals surface area (Å²) in [6.07, 6.45) is 1.60. The lowest BCUT2D eigenvalue weighted by Crippen LogP contribution is -1.87. The van der Waals surface area contributed by atoms with Crippen molar-refractivity contribution in [3.05, 3.63) is 21.5 Å². The molecule has 0 aromatic carbocycles. The number of hydrogen-bond donors (Lipinski definition) is 0. The van der Waals surface area contributed by atoms with Gasteiger partial charge in [-0.25, -0.2) is 5.87 Å². The molecule has 0 bridgehead atoms. The summed E-state index contributed by atoms with van der Waals surface area (Å²) in [7, 11) is 0. The fourth-order valence-electron chi connectivity index (χ4n) is 0.582. The molecule has 0 saturated carbocycles. The minimum absolute atomic E-state index is 0.134. The van der Waals surface area contributed by atoms with Crippen LogP contribution < -0.4 is 0 Å². The van der Waals surface area contributed by atoms with Gasteiger partial charge in [0, 0.05) is 0 Å². The third-order valence-corrected chi connectivity index (χ3v) is 1.92. The van der Waals surface area contributed by atoms with Crippen LogP contribution >= 0.6 is 11.8 Å². The van der Waals surface area contributed by atoms with E-state index in [4.69, 9.17) is 21.2 Å². The normalized spacial score (nSPS) is 6.92. The second-order valence-electron chi connectivity index (χ2n) is 1.73. The summed E-state index contributed by atoms with van der Waals surface area (Å²) in [6, 6.07) is 4.88. The van der Waals surface area contributed by atoms with Crippen LogP contribution in [-0.4, -0.2) is 12.1 Å². The molecule has 0 N–H and O–H groups in total. The van der Waals surface area contributed by atoms with Crippen molar-refractivity contribution in [1.29, 1.82) is 15.8 Å². The first-order valence-electron chi connectivity index (χ1n) is 3.01. The van der Waals surface area contributed by atoms with Crippen LogP contribution in [0.1, 0.15) is 0 Å². The summed E-state index contributed by atoms with van der Waals surface area (Å²) >= 11 is 1.04. The zero-order valence-electron chi connectivity index (χ0n) is 6.70. The summed E-state index contributed by atoms with van der Waals surface area (Å²) in [4.78, 5) is 0.134. The van der Waals surface area contributed by atoms with Gasteiger partial charge < -0.3 is 5.41 Å². The van der Waals surface area contributed by atoms with Crippen LogP contribution in [0.25, 0.3) is 5.41 Å². The molecule has 0 heterocycles. The predicted octanol–water partition coefficient (Wildman–Crippen LogP) is 1.34. The van der Waals surface area contributed by atoms with Crippen molar-refractivity contribution in [3.8, 4) is 18.2 Å². The zero-order chi connectivity index (χ0) is 10.3. The van der Waals surface area contributed by atoms with E-state index in [2.05, 4.69) is 0 Å². The van der Waals surface area contributed by atoms with Crippen LogP contribution in [0.3, 0.4) is 0 Å². The van der Waals surface area contributed by atoms with Crippen LogP contribution in [0, 0.1) is 34.0 Å². The average Bonchev–Trinajstić information content (AvgIpc) is 2.18. The lowest BCUT2D eigenvalue weighted by atomic mass is 10.2. The van der Waals surface area contributed by atoms with Gasteiger partial charge in [-0.1, -0.05) is 0 Å². The largest absolute Gasteiger partial charge is 0.762 e. The fraction of sp³-hybridized carbons (Fsp3) is 0.125. The molecule has 0 unspecified atom stereocenters. The molecule has 0 aliphatic carbocycles. The van der Waals surface area contributed by atoms with Crippen molar-refractivity contribution in [3.63, 3.8) is 0 Å². The van der Waals surface area contributed by atoms with Gasteiger partial charge >= 0.3 is 0 Å². The summed E-state index contributed by atoms with van der Waals surface area (Å²) in [5, 5.41) is 34.0. The van der Waals surface area contributed by atoms with E-state index in [0.29, 0.717) is 0 Å². The van der Waals surface area contributed by atoms with Crippen molar-refractivity contribution < 1.29 is 0 Å². The lowest BCUT2D eigenvalue weighted by Gasteiger charge is -1.99. The molecule has 0 spiro atoms. The highest BCUT2D eigenvalue weighted by Gasteiger charge is 2.08. The third kappa shape index (κ3) is 2.51. The standard InChI is InChI=1S/C8H3N4S/c1-13-8(6(2-9)3-10)7(4-11)5-12/h1H3/q-1. The minimum Gasteiger partial charge on any atom is -0.762 e. The molecule has 0 saturated heterocycles. The van der Waals surface area contributed by atoms with Crippen LogP contribution in [0.4, 0.5) is 0 Å². The van der Waals surface area contributed by atoms with Crippen LogP contribution in [0.5, 0.6) is 0 Å². The lowest BCUT2D eigenvalue weighted by molar-refractivity contribution is 1.44. The number of allylic oxidation sites excluding steroid dienone is 2. The topological polar surface area (TPSA) is 93.7 Å². The Kier molecular flexibility index (Phi) is 4.77. The molecule has 5 heteroatoms. The Morgan fingerprint density at radius 2 is 1.69 bits per heavy atom. The van der Waals surface area contributed by atoms with Crippen LogP contribution in [0.2, 0.25) is 0 Å². The van der Waals surface area contributed by atoms with Crippen molar-refractivity contribution in [2.24, 2.45) is 0 Å². The second-order valence-corrected chi connectivity index (χ2v) is 2.55. The Balaban J connectivity index is 5.56. The Hall–Kier alpha value is -1.99. The molecular formula is C8H3N4S-. The van der Waals surface area contributed by atoms with Gasteiger partial charge in [-0.3, -0.25) is 0 Å². The van der Waals surface area contributed by atoms with Gasteiger partial charge in [0.1, 0.15) is 23.8 Å². The number of nitrogens with zero attached hydrogens (tertiary/aromatic N) is 4. The molecule has 0 aliphatic heterocycles. The Labute approximate surface area is 79.9 Å². The first-order valence-corrected chi connectivity index (χ1v) is 4.23. The van der Waals surface area contributed by atoms with E-state index >= 15 is 0 Å². The molecule has 0 radical (unpaired) electrons. The van der Waals surface area contributed by atoms with Crippen molar-refractivity contribution >= 4 is 17.6 Å². The van der Waals surface area contributed by atoms with E-state index in [1.165, 1.54) is 0 Å². The highest BCUT2D eigenvalue weighted by molar-refractivity contribution is 8.02. The first kappa shape index (κ1) is 11.0. The fourth-order valence-corrected chi connectivity index (χ4v) is 1.17. The van der Waals surface area contributed by atoms with E-state index in [1.54, 1.807) is 30.3 Å². The number of hydrogen-bond acceptors (Lipinski definition) is 4. The average molecular weight is 187 g/mol. The number of nitriles is 3. The Morgan fingerprint density at radius 1 is 1.15 bits per heavy atom. The Morgan fingerprint density at radius 3 is 1.92 bits per heavy atom. The molecule has 4 nitrogen and oxygen atoms in total. The first-order chi connectivity index (χ1) is 6.24. The maximum Gasteiger partial charge on any atom is 0.145 e. The SMILES string of the molecule is CSC(C(=C=[N-])C#N)=C(C#N)C#N. The van der Waals surface area contributed by atoms with Crippen LogP contribution in [0.15, 0.2) is 16.1 Å². The van der Waals surface area contributed by atoms with Gasteiger partial charge in [-0.05, 0) is 6.26 Å². The van der Waals surface area contributed by atoms with E-state index in [0.717, 1.165) is 11.8 Å². The summed E-state index contributed by atoms with van der Waals surface area (Å²) < 4.78 is 0. The third-order valence-electron chi connectivity index (χ3n) is 1.11. The monoisotopic (exact) mass is 187 g/mol. The van der Waals surface area contributed by atoms with E-state index < -0.39 is 0 Å². The van der Waals surface area contributed by atoms with Crippen molar-refractivity contribution in [1.82, 2.24) is 0 Å². The van der Waals surface area contributed by atoms with Crippen molar-refractivity contribution in [2.75, 3.05) is 6.26 Å². The minimum atomic E-state index is -0.203. The highest BCUT2D eigenvalue weighted by atomic mass is 32.2. The molecule has 62 valence electrons. The van der Waals surface area contributed by atoms with Crippen LogP contribution in [-0.2, 0) is 0 Å². The van der Waals surface area contributed by atoms with Gasteiger partial charge in [0.25, 0.3) is 0 Å². The van der Waals surface area contributed by atoms with Gasteiger partial charge in [0.2, 0.25) is 0 Å². The molecule has 0 fully saturated rings. The Bertz CT molecular complexity index is 391. The second kappa shape index (κ2) is 5.63. The van der Waals surface area contributed by atoms with Crippen molar-refractivity contribution in [2.45, 2.75) is 0 Å². The maximum absolute atomic E-state index is 8.49. The van der Waals surface area contributed by atoms with Gasteiger partial charge in [-0.2, -0.15) is 15.8 Å². The van der Waals surface area contributed by atoms with E-state index in [1.807, 2.05) is 0 Å². The number of thioether (sulfide) groups is 1. The maximum atomic E-state index is 8.49. The van der Waals surface area contributed by atoms with E-state index in [9.17, 15) is 0 Å². The van der Waals surface area contributed by atoms with Gasteiger partial charge in [-0.15, -0.1) is 11.8 Å². The molecular weight excluding hydrogens is 184 g/mol. The predicted molar refractivity (Wildman–Crippen MR) is 49.3 cm³/mol. The molecule has 0 aliphatic rings. The van der Waals surface area contributed by atoms with E-state index in [-0.39, 0.29) is 16.1 Å². The van der Waals surface area contributed by atoms with Gasteiger partial charge in [0.05, 0.1) is 10.5 Å². The molecule has 0 amide bonds. The zero-order valence-corrected chi connectivity index (χ0v) is 7.51. The quantitative estimate of drug-likeness (QED) is 0.370. The molecule has 0 aromatic heterocycles. The molecule has 0 aromatic rings. The highest BCUT2D eigenvalue weighted by Crippen LogP contribution is 2.22. The smallest absolute Gasteiger partial charge is 0.145 e. The summed E-state index contributed by atoms with van der Waals surface area (Å²) in [6.45, 7) is 0. The molecule has 13 heavy (non-hydrogen) atoms. The molecule has 0 rings (SSSR count). The van der Waals surface area contributed by atoms with Gasteiger partial charge in [0.15, 0.2) is 0 Å². The molecule has 0 atom stereocenters. The summed E-state index contributed by atoms with van der Waals surface area (Å²) in [5.74, 6) is 1.63.